The Kier molecular flexibility index (Phi) is 4.73. The molecule has 0 saturated heterocycles. The van der Waals surface area contributed by atoms with E-state index in [1.807, 2.05) is 17.0 Å². The van der Waals surface area contributed by atoms with Crippen molar-refractivity contribution in [2.75, 3.05) is 13.1 Å². The highest BCUT2D eigenvalue weighted by Crippen LogP contribution is 2.30. The van der Waals surface area contributed by atoms with Crippen LogP contribution in [-0.2, 0) is 13.1 Å². The van der Waals surface area contributed by atoms with E-state index in [4.69, 9.17) is 17.3 Å². The zero-order valence-electron chi connectivity index (χ0n) is 10.9. The molecule has 1 aliphatic heterocycles. The summed E-state index contributed by atoms with van der Waals surface area (Å²) in [4.78, 5) is 1.94. The van der Waals surface area contributed by atoms with Gasteiger partial charge in [0.25, 0.3) is 0 Å². The van der Waals surface area contributed by atoms with Gasteiger partial charge in [0.05, 0.1) is 0 Å². The first kappa shape index (κ1) is 15.4. The van der Waals surface area contributed by atoms with Crippen molar-refractivity contribution in [2.24, 2.45) is 5.73 Å². The zero-order valence-corrected chi connectivity index (χ0v) is 11.6. The van der Waals surface area contributed by atoms with Gasteiger partial charge in [-0.05, 0) is 23.6 Å². The maximum absolute atomic E-state index is 12.5. The lowest BCUT2D eigenvalue weighted by atomic mass is 10.1. The Morgan fingerprint density at radius 3 is 2.55 bits per heavy atom. The van der Waals surface area contributed by atoms with Crippen LogP contribution >= 0.6 is 11.6 Å². The van der Waals surface area contributed by atoms with Crippen molar-refractivity contribution >= 4 is 11.6 Å². The van der Waals surface area contributed by atoms with Crippen LogP contribution in [0.5, 0.6) is 0 Å². The van der Waals surface area contributed by atoms with Gasteiger partial charge in [-0.1, -0.05) is 29.8 Å². The topological polar surface area (TPSA) is 29.3 Å². The van der Waals surface area contributed by atoms with Crippen LogP contribution in [0.4, 0.5) is 13.2 Å². The van der Waals surface area contributed by atoms with E-state index in [0.717, 1.165) is 11.1 Å². The number of nitrogens with two attached hydrogens (primary N) is 1. The van der Waals surface area contributed by atoms with Crippen LogP contribution in [0, 0.1) is 0 Å². The first-order valence-corrected chi connectivity index (χ1v) is 6.74. The third-order valence-corrected chi connectivity index (χ3v) is 3.76. The Bertz CT molecular complexity index is 512. The molecule has 1 aromatic carbocycles. The van der Waals surface area contributed by atoms with Gasteiger partial charge in [0, 0.05) is 36.8 Å². The molecule has 20 heavy (non-hydrogen) atoms. The maximum Gasteiger partial charge on any atom is 0.412 e. The van der Waals surface area contributed by atoms with E-state index in [9.17, 15) is 13.2 Å². The summed E-state index contributed by atoms with van der Waals surface area (Å²) in [6.07, 6.45) is -2.92. The molecule has 0 atom stereocenters. The number of rotatable bonds is 3. The summed E-state index contributed by atoms with van der Waals surface area (Å²) in [6.45, 7) is 1.65. The highest BCUT2D eigenvalue weighted by molar-refractivity contribution is 6.31. The second kappa shape index (κ2) is 6.16. The minimum Gasteiger partial charge on any atom is -0.326 e. The molecule has 0 aromatic heterocycles. The molecule has 0 spiro atoms. The average Bonchev–Trinajstić information content (AvgIpc) is 2.40. The Hall–Kier alpha value is -1.04. The Balaban J connectivity index is 2.01. The molecule has 2 rings (SSSR count). The third kappa shape index (κ3) is 3.75. The minimum absolute atomic E-state index is 0.0298. The molecule has 110 valence electrons. The van der Waals surface area contributed by atoms with E-state index in [0.29, 0.717) is 31.2 Å². The second-order valence-corrected chi connectivity index (χ2v) is 5.25. The zero-order chi connectivity index (χ0) is 14.8. The lowest BCUT2D eigenvalue weighted by Crippen LogP contribution is -2.31. The first-order valence-electron chi connectivity index (χ1n) is 6.36. The molecule has 1 heterocycles. The van der Waals surface area contributed by atoms with Gasteiger partial charge >= 0.3 is 6.18 Å². The summed E-state index contributed by atoms with van der Waals surface area (Å²) < 4.78 is 37.6. The number of hydrogen-bond donors (Lipinski definition) is 1. The SMILES string of the molecule is NCc1ccc(CN2CC=C(C(F)(F)F)CC2)c(Cl)c1. The smallest absolute Gasteiger partial charge is 0.326 e. The van der Waals surface area contributed by atoms with Crippen molar-refractivity contribution in [3.8, 4) is 0 Å². The molecule has 0 amide bonds. The molecule has 0 fully saturated rings. The van der Waals surface area contributed by atoms with Gasteiger partial charge in [-0.25, -0.2) is 0 Å². The highest BCUT2D eigenvalue weighted by atomic mass is 35.5. The minimum atomic E-state index is -4.20. The van der Waals surface area contributed by atoms with Gasteiger partial charge in [0.1, 0.15) is 0 Å². The molecule has 0 saturated carbocycles. The van der Waals surface area contributed by atoms with E-state index in [1.165, 1.54) is 6.08 Å². The fraction of sp³-hybridized carbons (Fsp3) is 0.429. The van der Waals surface area contributed by atoms with E-state index in [-0.39, 0.29) is 6.42 Å². The fourth-order valence-corrected chi connectivity index (χ4v) is 2.46. The number of halogens is 4. The van der Waals surface area contributed by atoms with Crippen LogP contribution in [-0.4, -0.2) is 24.2 Å². The van der Waals surface area contributed by atoms with E-state index >= 15 is 0 Å². The number of benzene rings is 1. The number of hydrogen-bond acceptors (Lipinski definition) is 2. The predicted octanol–water partition coefficient (Wildman–Crippen LogP) is 3.49. The van der Waals surface area contributed by atoms with Gasteiger partial charge in [-0.2, -0.15) is 13.2 Å². The molecule has 0 bridgehead atoms. The lowest BCUT2D eigenvalue weighted by molar-refractivity contribution is -0.0960. The van der Waals surface area contributed by atoms with Crippen molar-refractivity contribution in [3.63, 3.8) is 0 Å². The summed E-state index contributed by atoms with van der Waals surface area (Å²) in [5, 5.41) is 0.610. The number of alkyl halides is 3. The Morgan fingerprint density at radius 1 is 1.30 bits per heavy atom. The molecule has 6 heteroatoms. The summed E-state index contributed by atoms with van der Waals surface area (Å²) in [7, 11) is 0. The summed E-state index contributed by atoms with van der Waals surface area (Å²) in [6, 6.07) is 5.58. The molecule has 1 aromatic rings. The first-order chi connectivity index (χ1) is 9.40. The van der Waals surface area contributed by atoms with E-state index in [1.54, 1.807) is 6.07 Å². The van der Waals surface area contributed by atoms with Gasteiger partial charge < -0.3 is 5.73 Å². The molecule has 2 nitrogen and oxygen atoms in total. The Labute approximate surface area is 121 Å². The fourth-order valence-electron chi connectivity index (χ4n) is 2.20. The second-order valence-electron chi connectivity index (χ2n) is 4.84. The van der Waals surface area contributed by atoms with Crippen LogP contribution < -0.4 is 5.73 Å². The highest BCUT2D eigenvalue weighted by Gasteiger charge is 2.34. The largest absolute Gasteiger partial charge is 0.412 e. The van der Waals surface area contributed by atoms with Crippen molar-refractivity contribution in [1.29, 1.82) is 0 Å². The van der Waals surface area contributed by atoms with Crippen molar-refractivity contribution < 1.29 is 13.2 Å². The van der Waals surface area contributed by atoms with Crippen LogP contribution in [0.15, 0.2) is 29.8 Å². The van der Waals surface area contributed by atoms with E-state index < -0.39 is 11.7 Å². The van der Waals surface area contributed by atoms with Gasteiger partial charge in [-0.15, -0.1) is 0 Å². The molecular weight excluding hydrogens is 289 g/mol. The van der Waals surface area contributed by atoms with Crippen molar-refractivity contribution in [1.82, 2.24) is 4.90 Å². The maximum atomic E-state index is 12.5. The van der Waals surface area contributed by atoms with Gasteiger partial charge in [0.15, 0.2) is 0 Å². The molecule has 0 aliphatic carbocycles. The van der Waals surface area contributed by atoms with Gasteiger partial charge in [-0.3, -0.25) is 4.90 Å². The van der Waals surface area contributed by atoms with Crippen LogP contribution in [0.1, 0.15) is 17.5 Å². The summed E-state index contributed by atoms with van der Waals surface area (Å²) >= 11 is 6.15. The standard InChI is InChI=1S/C14H16ClF3N2/c15-13-7-10(8-19)1-2-11(13)9-20-5-3-12(4-6-20)14(16,17)18/h1-3,7H,4-6,8-9,19H2. The Morgan fingerprint density at radius 2 is 2.05 bits per heavy atom. The predicted molar refractivity (Wildman–Crippen MR) is 73.4 cm³/mol. The lowest BCUT2D eigenvalue weighted by Gasteiger charge is -2.27. The normalized spacial score (nSPS) is 17.1. The summed E-state index contributed by atoms with van der Waals surface area (Å²) in [5.74, 6) is 0. The van der Waals surface area contributed by atoms with Crippen molar-refractivity contribution in [3.05, 3.63) is 46.0 Å². The molecule has 0 radical (unpaired) electrons. The van der Waals surface area contributed by atoms with Crippen LogP contribution in [0.3, 0.4) is 0 Å². The molecule has 1 aliphatic rings. The third-order valence-electron chi connectivity index (χ3n) is 3.40. The van der Waals surface area contributed by atoms with Crippen molar-refractivity contribution in [2.45, 2.75) is 25.7 Å². The number of nitrogens with zero attached hydrogens (tertiary/aromatic N) is 1. The van der Waals surface area contributed by atoms with Gasteiger partial charge in [0.2, 0.25) is 0 Å². The van der Waals surface area contributed by atoms with Crippen LogP contribution in [0.25, 0.3) is 0 Å². The molecular formula is C14H16ClF3N2. The quantitative estimate of drug-likeness (QED) is 0.866. The van der Waals surface area contributed by atoms with E-state index in [2.05, 4.69) is 0 Å². The van der Waals surface area contributed by atoms with Crippen LogP contribution in [0.2, 0.25) is 5.02 Å². The summed E-state index contributed by atoms with van der Waals surface area (Å²) in [5.41, 5.74) is 6.94. The molecule has 0 unspecified atom stereocenters. The molecule has 2 N–H and O–H groups in total. The monoisotopic (exact) mass is 304 g/mol. The average molecular weight is 305 g/mol.